The second kappa shape index (κ2) is 10.6. The number of guanidine groups is 1. The molecule has 0 saturated carbocycles. The zero-order chi connectivity index (χ0) is 14.9. The quantitative estimate of drug-likeness (QED) is 0.307. The summed E-state index contributed by atoms with van der Waals surface area (Å²) in [4.78, 5) is 8.77. The van der Waals surface area contributed by atoms with E-state index in [0.29, 0.717) is 5.96 Å². The standard InChI is InChI=1S/C16H22N4S.HI/c1-13-12-21-15(20-13)8-5-10-18-16(17)19-11-9-14-6-3-2-4-7-14;/h2-4,6-7,12H,5,8-11H2,1H3,(H3,17,18,19);1H. The smallest absolute Gasteiger partial charge is 0.188 e. The Labute approximate surface area is 153 Å². The maximum atomic E-state index is 5.85. The Balaban J connectivity index is 0.00000242. The number of benzene rings is 1. The lowest BCUT2D eigenvalue weighted by Gasteiger charge is -2.05. The van der Waals surface area contributed by atoms with E-state index < -0.39 is 0 Å². The molecule has 0 spiro atoms. The van der Waals surface area contributed by atoms with Gasteiger partial charge in [0.1, 0.15) is 0 Å². The molecule has 4 nitrogen and oxygen atoms in total. The molecule has 0 fully saturated rings. The minimum atomic E-state index is 0. The first-order valence-corrected chi connectivity index (χ1v) is 8.11. The molecule has 0 saturated heterocycles. The van der Waals surface area contributed by atoms with Gasteiger partial charge in [-0.15, -0.1) is 35.3 Å². The van der Waals surface area contributed by atoms with E-state index in [1.54, 1.807) is 11.3 Å². The first-order chi connectivity index (χ1) is 10.2. The lowest BCUT2D eigenvalue weighted by atomic mass is 10.1. The van der Waals surface area contributed by atoms with Gasteiger partial charge >= 0.3 is 0 Å². The summed E-state index contributed by atoms with van der Waals surface area (Å²) in [5.74, 6) is 0.529. The maximum absolute atomic E-state index is 5.85. The van der Waals surface area contributed by atoms with Gasteiger partial charge in [0.25, 0.3) is 0 Å². The van der Waals surface area contributed by atoms with Crippen molar-refractivity contribution in [2.75, 3.05) is 13.1 Å². The molecule has 1 aromatic carbocycles. The number of aromatic nitrogens is 1. The normalized spacial score (nSPS) is 11.0. The fourth-order valence-corrected chi connectivity index (χ4v) is 2.80. The molecular weight excluding hydrogens is 407 g/mol. The average Bonchev–Trinajstić information content (AvgIpc) is 2.90. The second-order valence-electron chi connectivity index (χ2n) is 4.92. The molecule has 1 heterocycles. The van der Waals surface area contributed by atoms with Gasteiger partial charge in [0, 0.05) is 30.6 Å². The minimum absolute atomic E-state index is 0. The highest BCUT2D eigenvalue weighted by molar-refractivity contribution is 14.0. The Morgan fingerprint density at radius 1 is 1.27 bits per heavy atom. The first-order valence-electron chi connectivity index (χ1n) is 7.23. The van der Waals surface area contributed by atoms with Crippen LogP contribution < -0.4 is 11.1 Å². The van der Waals surface area contributed by atoms with Gasteiger partial charge < -0.3 is 11.1 Å². The molecule has 22 heavy (non-hydrogen) atoms. The van der Waals surface area contributed by atoms with Crippen LogP contribution in [0, 0.1) is 6.92 Å². The molecule has 0 aliphatic heterocycles. The molecule has 0 atom stereocenters. The zero-order valence-electron chi connectivity index (χ0n) is 12.8. The Kier molecular flexibility index (Phi) is 9.07. The highest BCUT2D eigenvalue weighted by Gasteiger charge is 1.98. The van der Waals surface area contributed by atoms with Gasteiger partial charge in [-0.3, -0.25) is 4.99 Å². The number of nitrogens with two attached hydrogens (primary N) is 1. The number of hydrogen-bond acceptors (Lipinski definition) is 3. The fourth-order valence-electron chi connectivity index (χ4n) is 1.98. The van der Waals surface area contributed by atoms with Gasteiger partial charge in [-0.05, 0) is 25.3 Å². The van der Waals surface area contributed by atoms with Crippen LogP contribution in [0.4, 0.5) is 0 Å². The van der Waals surface area contributed by atoms with Crippen molar-refractivity contribution >= 4 is 41.3 Å². The first kappa shape index (κ1) is 18.9. The molecule has 3 N–H and O–H groups in total. The lowest BCUT2D eigenvalue weighted by Crippen LogP contribution is -2.33. The zero-order valence-corrected chi connectivity index (χ0v) is 15.9. The molecule has 1 aromatic heterocycles. The summed E-state index contributed by atoms with van der Waals surface area (Å²) in [6.45, 7) is 3.57. The van der Waals surface area contributed by atoms with Crippen LogP contribution in [0.1, 0.15) is 22.7 Å². The van der Waals surface area contributed by atoms with Crippen LogP contribution in [0.3, 0.4) is 0 Å². The van der Waals surface area contributed by atoms with Gasteiger partial charge in [0.05, 0.1) is 5.01 Å². The predicted molar refractivity (Wildman–Crippen MR) is 105 cm³/mol. The highest BCUT2D eigenvalue weighted by atomic mass is 127. The van der Waals surface area contributed by atoms with Crippen LogP contribution >= 0.6 is 35.3 Å². The second-order valence-corrected chi connectivity index (χ2v) is 5.86. The van der Waals surface area contributed by atoms with Crippen LogP contribution in [0.2, 0.25) is 0 Å². The summed E-state index contributed by atoms with van der Waals surface area (Å²) < 4.78 is 0. The van der Waals surface area contributed by atoms with Crippen molar-refractivity contribution in [1.82, 2.24) is 10.3 Å². The van der Waals surface area contributed by atoms with E-state index >= 15 is 0 Å². The lowest BCUT2D eigenvalue weighted by molar-refractivity contribution is 0.802. The van der Waals surface area contributed by atoms with Gasteiger partial charge in [-0.1, -0.05) is 30.3 Å². The number of aryl methyl sites for hydroxylation is 2. The number of hydrogen-bond donors (Lipinski definition) is 2. The van der Waals surface area contributed by atoms with Crippen molar-refractivity contribution in [3.63, 3.8) is 0 Å². The molecule has 0 bridgehead atoms. The van der Waals surface area contributed by atoms with Crippen molar-refractivity contribution in [2.45, 2.75) is 26.2 Å². The number of aliphatic imine (C=N–C) groups is 1. The topological polar surface area (TPSA) is 63.3 Å². The molecule has 0 amide bonds. The van der Waals surface area contributed by atoms with E-state index in [4.69, 9.17) is 5.73 Å². The molecule has 120 valence electrons. The Hall–Kier alpha value is -1.15. The molecule has 0 aliphatic rings. The van der Waals surface area contributed by atoms with Crippen molar-refractivity contribution in [1.29, 1.82) is 0 Å². The third-order valence-electron chi connectivity index (χ3n) is 3.06. The number of nitrogens with zero attached hydrogens (tertiary/aromatic N) is 2. The Bertz CT molecular complexity index is 569. The maximum Gasteiger partial charge on any atom is 0.188 e. The van der Waals surface area contributed by atoms with E-state index in [-0.39, 0.29) is 24.0 Å². The molecule has 2 aromatic rings. The van der Waals surface area contributed by atoms with Crippen molar-refractivity contribution in [2.24, 2.45) is 10.7 Å². The van der Waals surface area contributed by atoms with Crippen LogP contribution in [0.5, 0.6) is 0 Å². The summed E-state index contributed by atoms with van der Waals surface area (Å²) in [7, 11) is 0. The molecular formula is C16H23IN4S. The summed E-state index contributed by atoms with van der Waals surface area (Å²) in [5, 5.41) is 6.41. The molecule has 0 aliphatic carbocycles. The van der Waals surface area contributed by atoms with E-state index in [9.17, 15) is 0 Å². The monoisotopic (exact) mass is 430 g/mol. The number of halogens is 1. The third-order valence-corrected chi connectivity index (χ3v) is 4.09. The highest BCUT2D eigenvalue weighted by Crippen LogP contribution is 2.10. The molecule has 0 unspecified atom stereocenters. The van der Waals surface area contributed by atoms with E-state index in [2.05, 4.69) is 32.8 Å². The largest absolute Gasteiger partial charge is 0.370 e. The minimum Gasteiger partial charge on any atom is -0.370 e. The van der Waals surface area contributed by atoms with Gasteiger partial charge in [0.2, 0.25) is 0 Å². The SMILES string of the molecule is Cc1csc(CCCN=C(N)NCCc2ccccc2)n1.I. The fraction of sp³-hybridized carbons (Fsp3) is 0.375. The van der Waals surface area contributed by atoms with Gasteiger partial charge in [-0.25, -0.2) is 4.98 Å². The summed E-state index contributed by atoms with van der Waals surface area (Å²) in [6.07, 6.45) is 2.91. The number of thiazole rings is 1. The van der Waals surface area contributed by atoms with Crippen molar-refractivity contribution < 1.29 is 0 Å². The van der Waals surface area contributed by atoms with Crippen molar-refractivity contribution in [3.05, 3.63) is 52.0 Å². The van der Waals surface area contributed by atoms with Crippen LogP contribution in [0.25, 0.3) is 0 Å². The third kappa shape index (κ3) is 7.22. The van der Waals surface area contributed by atoms with Crippen LogP contribution in [0.15, 0.2) is 40.7 Å². The average molecular weight is 430 g/mol. The predicted octanol–water partition coefficient (Wildman–Crippen LogP) is 3.15. The molecule has 2 rings (SSSR count). The van der Waals surface area contributed by atoms with Gasteiger partial charge in [-0.2, -0.15) is 0 Å². The number of nitrogens with one attached hydrogen (secondary N) is 1. The van der Waals surface area contributed by atoms with E-state index in [1.165, 1.54) is 10.6 Å². The Morgan fingerprint density at radius 2 is 2.05 bits per heavy atom. The van der Waals surface area contributed by atoms with Crippen molar-refractivity contribution in [3.8, 4) is 0 Å². The molecule has 0 radical (unpaired) electrons. The number of rotatable bonds is 7. The summed E-state index contributed by atoms with van der Waals surface area (Å²) >= 11 is 1.71. The van der Waals surface area contributed by atoms with E-state index in [1.807, 2.05) is 25.1 Å². The summed E-state index contributed by atoms with van der Waals surface area (Å²) in [5.41, 5.74) is 8.25. The molecule has 6 heteroatoms. The Morgan fingerprint density at radius 3 is 2.73 bits per heavy atom. The van der Waals surface area contributed by atoms with Crippen LogP contribution in [-0.2, 0) is 12.8 Å². The van der Waals surface area contributed by atoms with Gasteiger partial charge in [0.15, 0.2) is 5.96 Å². The summed E-state index contributed by atoms with van der Waals surface area (Å²) in [6, 6.07) is 10.4. The van der Waals surface area contributed by atoms with Crippen LogP contribution in [-0.4, -0.2) is 24.0 Å². The van der Waals surface area contributed by atoms with E-state index in [0.717, 1.165) is 38.0 Å².